The Morgan fingerprint density at radius 3 is 2.50 bits per heavy atom. The quantitative estimate of drug-likeness (QED) is 0.867. The van der Waals surface area contributed by atoms with Gasteiger partial charge in [0.05, 0.1) is 24.7 Å². The molecule has 2 amide bonds. The van der Waals surface area contributed by atoms with Crippen LogP contribution in [0.5, 0.6) is 0 Å². The van der Waals surface area contributed by atoms with Gasteiger partial charge in [0.1, 0.15) is 0 Å². The van der Waals surface area contributed by atoms with E-state index in [1.54, 1.807) is 4.90 Å². The topological polar surface area (TPSA) is 58.6 Å². The Morgan fingerprint density at radius 2 is 1.86 bits per heavy atom. The fourth-order valence-electron chi connectivity index (χ4n) is 2.16. The van der Waals surface area contributed by atoms with Gasteiger partial charge in [-0.2, -0.15) is 0 Å². The average molecular weight is 322 g/mol. The molecule has 0 aromatic heterocycles. The minimum absolute atomic E-state index is 0.0772. The first kappa shape index (κ1) is 16.8. The second-order valence-corrected chi connectivity index (χ2v) is 6.07. The molecule has 0 spiro atoms. The first-order chi connectivity index (χ1) is 10.7. The number of aryl methyl sites for hydroxylation is 1. The van der Waals surface area contributed by atoms with Crippen molar-refractivity contribution in [2.75, 3.05) is 43.1 Å². The summed E-state index contributed by atoms with van der Waals surface area (Å²) in [6.07, 6.45) is 0.980. The van der Waals surface area contributed by atoms with Crippen LogP contribution in [0.3, 0.4) is 0 Å². The Labute approximate surface area is 135 Å². The zero-order valence-electron chi connectivity index (χ0n) is 12.8. The first-order valence-electron chi connectivity index (χ1n) is 7.51. The van der Waals surface area contributed by atoms with Crippen molar-refractivity contribution in [3.63, 3.8) is 0 Å². The molecule has 0 unspecified atom stereocenters. The molecule has 1 aliphatic heterocycles. The van der Waals surface area contributed by atoms with E-state index < -0.39 is 0 Å². The molecule has 0 atom stereocenters. The molecule has 0 aliphatic carbocycles. The third-order valence-corrected chi connectivity index (χ3v) is 4.39. The number of anilines is 1. The molecule has 0 saturated carbocycles. The number of carbonyl (C=O) groups excluding carboxylic acids is 2. The number of thioether (sulfide) groups is 1. The number of carbonyl (C=O) groups is 2. The molecule has 1 heterocycles. The molecule has 22 heavy (non-hydrogen) atoms. The second kappa shape index (κ2) is 8.80. The van der Waals surface area contributed by atoms with Gasteiger partial charge >= 0.3 is 0 Å². The van der Waals surface area contributed by atoms with Gasteiger partial charge in [-0.25, -0.2) is 0 Å². The fourth-order valence-corrected chi connectivity index (χ4v) is 2.87. The van der Waals surface area contributed by atoms with Gasteiger partial charge in [0.15, 0.2) is 0 Å². The summed E-state index contributed by atoms with van der Waals surface area (Å²) in [6.45, 7) is 4.59. The Balaban J connectivity index is 1.67. The maximum absolute atomic E-state index is 11.9. The zero-order chi connectivity index (χ0) is 15.8. The van der Waals surface area contributed by atoms with Gasteiger partial charge in [-0.15, -0.1) is 11.8 Å². The van der Waals surface area contributed by atoms with E-state index in [1.165, 1.54) is 17.3 Å². The number of hydrogen-bond donors (Lipinski definition) is 1. The molecular formula is C16H22N2O3S. The summed E-state index contributed by atoms with van der Waals surface area (Å²) < 4.78 is 5.21. The van der Waals surface area contributed by atoms with Crippen LogP contribution in [0, 0.1) is 0 Å². The maximum Gasteiger partial charge on any atom is 0.234 e. The molecule has 0 bridgehead atoms. The highest BCUT2D eigenvalue weighted by atomic mass is 32.2. The van der Waals surface area contributed by atoms with Crippen molar-refractivity contribution in [3.05, 3.63) is 29.8 Å². The van der Waals surface area contributed by atoms with Crippen LogP contribution in [0.25, 0.3) is 0 Å². The number of ether oxygens (including phenoxy) is 1. The van der Waals surface area contributed by atoms with E-state index >= 15 is 0 Å². The summed E-state index contributed by atoms with van der Waals surface area (Å²) in [5, 5.41) is 2.84. The normalized spacial score (nSPS) is 14.7. The fraction of sp³-hybridized carbons (Fsp3) is 0.500. The van der Waals surface area contributed by atoms with Gasteiger partial charge in [-0.1, -0.05) is 19.1 Å². The molecule has 6 heteroatoms. The highest BCUT2D eigenvalue weighted by molar-refractivity contribution is 8.00. The van der Waals surface area contributed by atoms with E-state index in [2.05, 4.69) is 12.2 Å². The Bertz CT molecular complexity index is 499. The summed E-state index contributed by atoms with van der Waals surface area (Å²) in [5.41, 5.74) is 2.03. The maximum atomic E-state index is 11.9. The van der Waals surface area contributed by atoms with E-state index in [9.17, 15) is 9.59 Å². The summed E-state index contributed by atoms with van der Waals surface area (Å²) in [7, 11) is 0. The standard InChI is InChI=1S/C16H22N2O3S/c1-2-13-3-5-14(6-4-13)17-15(19)11-22-12-16(20)18-7-9-21-10-8-18/h3-6H,2,7-12H2,1H3,(H,17,19). The molecule has 1 aromatic rings. The molecular weight excluding hydrogens is 300 g/mol. The van der Waals surface area contributed by atoms with Gasteiger partial charge in [-0.3, -0.25) is 9.59 Å². The number of rotatable bonds is 6. The number of nitrogens with zero attached hydrogens (tertiary/aromatic N) is 1. The smallest absolute Gasteiger partial charge is 0.234 e. The SMILES string of the molecule is CCc1ccc(NC(=O)CSCC(=O)N2CCOCC2)cc1. The molecule has 1 saturated heterocycles. The number of amides is 2. The molecule has 1 aliphatic rings. The van der Waals surface area contributed by atoms with E-state index in [0.29, 0.717) is 32.1 Å². The third kappa shape index (κ3) is 5.35. The van der Waals surface area contributed by atoms with Crippen LogP contribution in [0.2, 0.25) is 0 Å². The lowest BCUT2D eigenvalue weighted by Gasteiger charge is -2.26. The third-order valence-electron chi connectivity index (χ3n) is 3.47. The summed E-state index contributed by atoms with van der Waals surface area (Å²) >= 11 is 1.35. The predicted octanol–water partition coefficient (Wildman–Crippen LogP) is 1.78. The Hall–Kier alpha value is -1.53. The lowest BCUT2D eigenvalue weighted by Crippen LogP contribution is -2.41. The highest BCUT2D eigenvalue weighted by Crippen LogP contribution is 2.11. The first-order valence-corrected chi connectivity index (χ1v) is 8.66. The second-order valence-electron chi connectivity index (χ2n) is 5.08. The van der Waals surface area contributed by atoms with Crippen molar-refractivity contribution in [1.29, 1.82) is 0 Å². The summed E-state index contributed by atoms with van der Waals surface area (Å²) in [4.78, 5) is 25.6. The van der Waals surface area contributed by atoms with Crippen molar-refractivity contribution >= 4 is 29.3 Å². The van der Waals surface area contributed by atoms with Crippen molar-refractivity contribution in [2.45, 2.75) is 13.3 Å². The minimum Gasteiger partial charge on any atom is -0.378 e. The Morgan fingerprint density at radius 1 is 1.18 bits per heavy atom. The number of morpholine rings is 1. The van der Waals surface area contributed by atoms with Gasteiger partial charge in [0.2, 0.25) is 11.8 Å². The van der Waals surface area contributed by atoms with Crippen LogP contribution in [-0.2, 0) is 20.7 Å². The van der Waals surface area contributed by atoms with E-state index in [1.807, 2.05) is 24.3 Å². The van der Waals surface area contributed by atoms with E-state index in [-0.39, 0.29) is 17.6 Å². The average Bonchev–Trinajstić information content (AvgIpc) is 2.56. The summed E-state index contributed by atoms with van der Waals surface area (Å²) in [6, 6.07) is 7.82. The van der Waals surface area contributed by atoms with Gasteiger partial charge in [0, 0.05) is 18.8 Å². The number of hydrogen-bond acceptors (Lipinski definition) is 4. The van der Waals surface area contributed by atoms with Crippen LogP contribution < -0.4 is 5.32 Å². The van der Waals surface area contributed by atoms with Crippen molar-refractivity contribution in [3.8, 4) is 0 Å². The number of nitrogens with one attached hydrogen (secondary N) is 1. The predicted molar refractivity (Wildman–Crippen MR) is 89.2 cm³/mol. The van der Waals surface area contributed by atoms with Crippen LogP contribution >= 0.6 is 11.8 Å². The van der Waals surface area contributed by atoms with Crippen LogP contribution in [0.15, 0.2) is 24.3 Å². The molecule has 1 N–H and O–H groups in total. The Kier molecular flexibility index (Phi) is 6.74. The largest absolute Gasteiger partial charge is 0.378 e. The lowest BCUT2D eigenvalue weighted by atomic mass is 10.1. The molecule has 5 nitrogen and oxygen atoms in total. The van der Waals surface area contributed by atoms with Crippen molar-refractivity contribution < 1.29 is 14.3 Å². The van der Waals surface area contributed by atoms with Crippen LogP contribution in [-0.4, -0.2) is 54.5 Å². The van der Waals surface area contributed by atoms with Crippen molar-refractivity contribution in [2.24, 2.45) is 0 Å². The van der Waals surface area contributed by atoms with E-state index in [0.717, 1.165) is 12.1 Å². The zero-order valence-corrected chi connectivity index (χ0v) is 13.7. The van der Waals surface area contributed by atoms with Gasteiger partial charge in [0.25, 0.3) is 0 Å². The molecule has 1 aromatic carbocycles. The van der Waals surface area contributed by atoms with Crippen LogP contribution in [0.4, 0.5) is 5.69 Å². The molecule has 2 rings (SSSR count). The highest BCUT2D eigenvalue weighted by Gasteiger charge is 2.16. The van der Waals surface area contributed by atoms with Gasteiger partial charge < -0.3 is 15.0 Å². The number of benzene rings is 1. The van der Waals surface area contributed by atoms with Crippen molar-refractivity contribution in [1.82, 2.24) is 4.90 Å². The minimum atomic E-state index is -0.0796. The summed E-state index contributed by atoms with van der Waals surface area (Å²) in [5.74, 6) is 0.616. The molecule has 120 valence electrons. The molecule has 0 radical (unpaired) electrons. The molecule has 1 fully saturated rings. The van der Waals surface area contributed by atoms with E-state index in [4.69, 9.17) is 4.74 Å². The van der Waals surface area contributed by atoms with Gasteiger partial charge in [-0.05, 0) is 24.1 Å². The van der Waals surface area contributed by atoms with Crippen LogP contribution in [0.1, 0.15) is 12.5 Å². The monoisotopic (exact) mass is 322 g/mol. The lowest BCUT2D eigenvalue weighted by molar-refractivity contribution is -0.132.